The number of hydrogen-bond donors (Lipinski definition) is 1. The van der Waals surface area contributed by atoms with Gasteiger partial charge in [0.05, 0.1) is 18.0 Å². The highest BCUT2D eigenvalue weighted by Crippen LogP contribution is 2.16. The molecule has 0 aliphatic rings. The Labute approximate surface area is 105 Å². The summed E-state index contributed by atoms with van der Waals surface area (Å²) >= 11 is 0. The summed E-state index contributed by atoms with van der Waals surface area (Å²) in [6.07, 6.45) is 1.62. The molecule has 0 bridgehead atoms. The van der Waals surface area contributed by atoms with Gasteiger partial charge in [0.1, 0.15) is 0 Å². The number of nitriles is 1. The quantitative estimate of drug-likeness (QED) is 0.737. The molecule has 0 radical (unpaired) electrons. The predicted molar refractivity (Wildman–Crippen MR) is 69.1 cm³/mol. The number of carbonyl (C=O) groups excluding carboxylic acids is 1. The first-order valence-corrected chi connectivity index (χ1v) is 6.36. The van der Waals surface area contributed by atoms with Gasteiger partial charge in [0.25, 0.3) is 0 Å². The molecule has 0 aromatic rings. The monoisotopic (exact) mass is 239 g/mol. The smallest absolute Gasteiger partial charge is 0.242 e. The lowest BCUT2D eigenvalue weighted by Gasteiger charge is -2.33. The topological polar surface area (TPSA) is 70.1 Å². The number of nitrogens with two attached hydrogens (primary N) is 1. The first kappa shape index (κ1) is 15.9. The third kappa shape index (κ3) is 4.74. The van der Waals surface area contributed by atoms with Crippen molar-refractivity contribution in [3.63, 3.8) is 0 Å². The minimum atomic E-state index is -0.773. The number of nitrogens with zero attached hydrogens (tertiary/aromatic N) is 2. The molecule has 4 heteroatoms. The van der Waals surface area contributed by atoms with Crippen molar-refractivity contribution in [3.8, 4) is 6.07 Å². The zero-order chi connectivity index (χ0) is 13.5. The highest BCUT2D eigenvalue weighted by Gasteiger charge is 2.33. The van der Waals surface area contributed by atoms with Gasteiger partial charge < -0.3 is 10.6 Å². The first-order chi connectivity index (χ1) is 7.91. The van der Waals surface area contributed by atoms with Crippen molar-refractivity contribution in [3.05, 3.63) is 0 Å². The van der Waals surface area contributed by atoms with Gasteiger partial charge in [-0.25, -0.2) is 0 Å². The van der Waals surface area contributed by atoms with Crippen LogP contribution in [0.5, 0.6) is 0 Å². The summed E-state index contributed by atoms with van der Waals surface area (Å²) in [4.78, 5) is 14.1. The number of hydrogen-bond acceptors (Lipinski definition) is 3. The fourth-order valence-corrected chi connectivity index (χ4v) is 1.77. The van der Waals surface area contributed by atoms with E-state index in [4.69, 9.17) is 11.0 Å². The van der Waals surface area contributed by atoms with Gasteiger partial charge in [-0.2, -0.15) is 5.26 Å². The normalized spacial score (nSPS) is 11.4. The fraction of sp³-hybridized carbons (Fsp3) is 0.846. The number of rotatable bonds is 7. The molecule has 2 N–H and O–H groups in total. The van der Waals surface area contributed by atoms with E-state index in [2.05, 4.69) is 19.9 Å². The molecule has 17 heavy (non-hydrogen) atoms. The lowest BCUT2D eigenvalue weighted by atomic mass is 9.92. The Morgan fingerprint density at radius 3 is 2.29 bits per heavy atom. The SMILES string of the molecule is CCC(N)(CC)C(=O)N(CCC#N)CC(C)C. The molecule has 0 atom stereocenters. The summed E-state index contributed by atoms with van der Waals surface area (Å²) in [7, 11) is 0. The molecular weight excluding hydrogens is 214 g/mol. The summed E-state index contributed by atoms with van der Waals surface area (Å²) in [6.45, 7) is 9.12. The molecule has 0 saturated heterocycles. The average molecular weight is 239 g/mol. The van der Waals surface area contributed by atoms with E-state index < -0.39 is 5.54 Å². The fourth-order valence-electron chi connectivity index (χ4n) is 1.77. The van der Waals surface area contributed by atoms with Gasteiger partial charge in [0.15, 0.2) is 0 Å². The van der Waals surface area contributed by atoms with Crippen LogP contribution in [0.15, 0.2) is 0 Å². The maximum Gasteiger partial charge on any atom is 0.242 e. The van der Waals surface area contributed by atoms with E-state index in [1.807, 2.05) is 13.8 Å². The van der Waals surface area contributed by atoms with Crippen LogP contribution >= 0.6 is 0 Å². The van der Waals surface area contributed by atoms with Crippen molar-refractivity contribution in [1.82, 2.24) is 4.90 Å². The third-order valence-corrected chi connectivity index (χ3v) is 3.05. The second-order valence-corrected chi connectivity index (χ2v) is 4.92. The summed E-state index contributed by atoms with van der Waals surface area (Å²) < 4.78 is 0. The summed E-state index contributed by atoms with van der Waals surface area (Å²) in [6, 6.07) is 2.08. The second-order valence-electron chi connectivity index (χ2n) is 4.92. The van der Waals surface area contributed by atoms with Gasteiger partial charge in [-0.15, -0.1) is 0 Å². The van der Waals surface area contributed by atoms with Crippen LogP contribution in [0.2, 0.25) is 0 Å². The van der Waals surface area contributed by atoms with E-state index in [-0.39, 0.29) is 5.91 Å². The van der Waals surface area contributed by atoms with E-state index in [1.165, 1.54) is 0 Å². The van der Waals surface area contributed by atoms with Gasteiger partial charge in [0, 0.05) is 13.1 Å². The van der Waals surface area contributed by atoms with Crippen molar-refractivity contribution >= 4 is 5.91 Å². The summed E-state index contributed by atoms with van der Waals surface area (Å²) in [5.41, 5.74) is 5.34. The molecule has 0 aromatic heterocycles. The standard InChI is InChI=1S/C13H25N3O/c1-5-13(15,6-2)12(17)16(9-7-8-14)10-11(3)4/h11H,5-7,9-10,15H2,1-4H3. The third-order valence-electron chi connectivity index (χ3n) is 3.05. The predicted octanol–water partition coefficient (Wildman–Crippen LogP) is 1.90. The van der Waals surface area contributed by atoms with E-state index in [1.54, 1.807) is 4.90 Å². The highest BCUT2D eigenvalue weighted by molar-refractivity contribution is 5.86. The molecule has 0 spiro atoms. The van der Waals surface area contributed by atoms with Gasteiger partial charge in [-0.05, 0) is 18.8 Å². The first-order valence-electron chi connectivity index (χ1n) is 6.36. The molecule has 0 aromatic carbocycles. The number of amides is 1. The Morgan fingerprint density at radius 1 is 1.41 bits per heavy atom. The van der Waals surface area contributed by atoms with E-state index in [9.17, 15) is 4.79 Å². The molecular formula is C13H25N3O. The lowest BCUT2D eigenvalue weighted by molar-refractivity contribution is -0.137. The number of carbonyl (C=O) groups is 1. The zero-order valence-corrected chi connectivity index (χ0v) is 11.5. The van der Waals surface area contributed by atoms with E-state index in [0.29, 0.717) is 38.3 Å². The lowest BCUT2D eigenvalue weighted by Crippen LogP contribution is -2.55. The van der Waals surface area contributed by atoms with Gasteiger partial charge >= 0.3 is 0 Å². The minimum absolute atomic E-state index is 0.0218. The zero-order valence-electron chi connectivity index (χ0n) is 11.5. The molecule has 0 heterocycles. The molecule has 98 valence electrons. The molecule has 4 nitrogen and oxygen atoms in total. The van der Waals surface area contributed by atoms with Crippen LogP contribution < -0.4 is 5.73 Å². The largest absolute Gasteiger partial charge is 0.340 e. The minimum Gasteiger partial charge on any atom is -0.340 e. The van der Waals surface area contributed by atoms with Gasteiger partial charge in [-0.1, -0.05) is 27.7 Å². The molecule has 0 unspecified atom stereocenters. The van der Waals surface area contributed by atoms with Crippen LogP contribution in [0, 0.1) is 17.2 Å². The Morgan fingerprint density at radius 2 is 1.94 bits per heavy atom. The van der Waals surface area contributed by atoms with Crippen LogP contribution in [0.1, 0.15) is 47.0 Å². The van der Waals surface area contributed by atoms with Gasteiger partial charge in [-0.3, -0.25) is 4.79 Å². The van der Waals surface area contributed by atoms with Gasteiger partial charge in [0.2, 0.25) is 5.91 Å². The van der Waals surface area contributed by atoms with Crippen LogP contribution in [-0.2, 0) is 4.79 Å². The van der Waals surface area contributed by atoms with Crippen molar-refractivity contribution in [1.29, 1.82) is 5.26 Å². The highest BCUT2D eigenvalue weighted by atomic mass is 16.2. The van der Waals surface area contributed by atoms with E-state index >= 15 is 0 Å². The van der Waals surface area contributed by atoms with Crippen LogP contribution in [0.4, 0.5) is 0 Å². The Bertz CT molecular complexity index is 277. The Balaban J connectivity index is 4.78. The van der Waals surface area contributed by atoms with E-state index in [0.717, 1.165) is 0 Å². The summed E-state index contributed by atoms with van der Waals surface area (Å²) in [5.74, 6) is 0.363. The van der Waals surface area contributed by atoms with Crippen LogP contribution in [0.3, 0.4) is 0 Å². The molecule has 0 rings (SSSR count). The average Bonchev–Trinajstić information content (AvgIpc) is 2.32. The molecule has 0 aliphatic heterocycles. The second kappa shape index (κ2) is 7.29. The van der Waals surface area contributed by atoms with Crippen LogP contribution in [0.25, 0.3) is 0 Å². The summed E-state index contributed by atoms with van der Waals surface area (Å²) in [5, 5.41) is 8.63. The maximum absolute atomic E-state index is 12.4. The Hall–Kier alpha value is -1.08. The Kier molecular flexibility index (Phi) is 6.82. The van der Waals surface area contributed by atoms with Crippen molar-refractivity contribution in [2.75, 3.05) is 13.1 Å². The molecule has 0 fully saturated rings. The van der Waals surface area contributed by atoms with Crippen molar-refractivity contribution in [2.24, 2.45) is 11.7 Å². The molecule has 0 aliphatic carbocycles. The molecule has 1 amide bonds. The van der Waals surface area contributed by atoms with Crippen LogP contribution in [-0.4, -0.2) is 29.4 Å². The van der Waals surface area contributed by atoms with Crippen molar-refractivity contribution < 1.29 is 4.79 Å². The van der Waals surface area contributed by atoms with Crippen molar-refractivity contribution in [2.45, 2.75) is 52.5 Å². The maximum atomic E-state index is 12.4. The molecule has 0 saturated carbocycles.